The van der Waals surface area contributed by atoms with Gasteiger partial charge in [0.15, 0.2) is 0 Å². The van der Waals surface area contributed by atoms with E-state index in [1.165, 1.54) is 37.8 Å². The number of benzene rings is 1. The number of piperazine rings is 1. The van der Waals surface area contributed by atoms with E-state index in [1.54, 1.807) is 0 Å². The van der Waals surface area contributed by atoms with Crippen LogP contribution in [0, 0.1) is 12.8 Å². The van der Waals surface area contributed by atoms with E-state index in [1.807, 2.05) is 0 Å². The molecular formula is C17H24BrClN2. The molecular weight excluding hydrogens is 348 g/mol. The molecule has 2 nitrogen and oxygen atoms in total. The van der Waals surface area contributed by atoms with Crippen LogP contribution in [0.3, 0.4) is 0 Å². The van der Waals surface area contributed by atoms with Gasteiger partial charge in [-0.25, -0.2) is 0 Å². The molecule has 1 aromatic carbocycles. The zero-order valence-electron chi connectivity index (χ0n) is 12.7. The lowest BCUT2D eigenvalue weighted by molar-refractivity contribution is 0.257. The van der Waals surface area contributed by atoms with Crippen molar-refractivity contribution in [1.82, 2.24) is 5.32 Å². The van der Waals surface area contributed by atoms with Crippen molar-refractivity contribution in [2.75, 3.05) is 24.5 Å². The molecule has 1 aliphatic heterocycles. The lowest BCUT2D eigenvalue weighted by Crippen LogP contribution is -2.54. The van der Waals surface area contributed by atoms with E-state index in [0.29, 0.717) is 6.04 Å². The minimum atomic E-state index is 0.631. The first kappa shape index (κ1) is 15.6. The van der Waals surface area contributed by atoms with Gasteiger partial charge in [0.05, 0.1) is 5.69 Å². The van der Waals surface area contributed by atoms with Crippen molar-refractivity contribution in [3.05, 3.63) is 27.2 Å². The molecule has 0 amide bonds. The summed E-state index contributed by atoms with van der Waals surface area (Å²) in [6, 6.07) is 4.88. The molecule has 4 heteroatoms. The summed E-state index contributed by atoms with van der Waals surface area (Å²) in [5.74, 6) is 0.848. The third-order valence-corrected chi connectivity index (χ3v) is 6.04. The normalized spacial score (nSPS) is 24.3. The van der Waals surface area contributed by atoms with Gasteiger partial charge in [0, 0.05) is 35.2 Å². The van der Waals surface area contributed by atoms with Gasteiger partial charge in [-0.15, -0.1) is 0 Å². The summed E-state index contributed by atoms with van der Waals surface area (Å²) in [7, 11) is 0. The smallest absolute Gasteiger partial charge is 0.0526 e. The molecule has 0 radical (unpaired) electrons. The van der Waals surface area contributed by atoms with Crippen LogP contribution in [-0.4, -0.2) is 25.7 Å². The van der Waals surface area contributed by atoms with Gasteiger partial charge in [0.25, 0.3) is 0 Å². The largest absolute Gasteiger partial charge is 0.368 e. The summed E-state index contributed by atoms with van der Waals surface area (Å²) in [6.07, 6.45) is 7.01. The minimum absolute atomic E-state index is 0.631. The number of anilines is 1. The van der Waals surface area contributed by atoms with E-state index in [-0.39, 0.29) is 0 Å². The molecule has 0 bridgehead atoms. The highest BCUT2D eigenvalue weighted by Gasteiger charge is 2.28. The van der Waals surface area contributed by atoms with Crippen LogP contribution in [0.25, 0.3) is 0 Å². The van der Waals surface area contributed by atoms with Gasteiger partial charge in [-0.3, -0.25) is 0 Å². The number of rotatable bonds is 2. The summed E-state index contributed by atoms with van der Waals surface area (Å²) in [5.41, 5.74) is 2.37. The predicted octanol–water partition coefficient (Wildman–Crippen LogP) is 4.77. The Morgan fingerprint density at radius 1 is 1.24 bits per heavy atom. The van der Waals surface area contributed by atoms with Crippen LogP contribution in [0.1, 0.15) is 37.7 Å². The zero-order valence-corrected chi connectivity index (χ0v) is 15.0. The van der Waals surface area contributed by atoms with Gasteiger partial charge in [-0.05, 0) is 59.3 Å². The fraction of sp³-hybridized carbons (Fsp3) is 0.647. The first-order chi connectivity index (χ1) is 10.1. The summed E-state index contributed by atoms with van der Waals surface area (Å²) < 4.78 is 1.16. The molecule has 1 atom stereocenters. The average Bonchev–Trinajstić information content (AvgIpc) is 2.52. The second kappa shape index (κ2) is 6.89. The highest BCUT2D eigenvalue weighted by Crippen LogP contribution is 2.34. The van der Waals surface area contributed by atoms with Gasteiger partial charge in [-0.2, -0.15) is 0 Å². The minimum Gasteiger partial charge on any atom is -0.368 e. The molecule has 21 heavy (non-hydrogen) atoms. The Balaban J connectivity index is 1.75. The second-order valence-corrected chi connectivity index (χ2v) is 7.72. The molecule has 0 spiro atoms. The highest BCUT2D eigenvalue weighted by atomic mass is 79.9. The molecule has 1 heterocycles. The lowest BCUT2D eigenvalue weighted by Gasteiger charge is -2.40. The summed E-state index contributed by atoms with van der Waals surface area (Å²) in [4.78, 5) is 2.49. The number of nitrogens with one attached hydrogen (secondary N) is 1. The SMILES string of the molecule is Cc1cc(Br)c(N2CCNC(C3CCCCC3)C2)cc1Cl. The van der Waals surface area contributed by atoms with Crippen LogP contribution in [-0.2, 0) is 0 Å². The lowest BCUT2D eigenvalue weighted by atomic mass is 9.83. The van der Waals surface area contributed by atoms with Crippen molar-refractivity contribution in [3.8, 4) is 0 Å². The summed E-state index contributed by atoms with van der Waals surface area (Å²) in [5, 5.41) is 4.61. The monoisotopic (exact) mass is 370 g/mol. The molecule has 2 aliphatic rings. The maximum absolute atomic E-state index is 6.33. The van der Waals surface area contributed by atoms with E-state index in [0.717, 1.165) is 40.6 Å². The van der Waals surface area contributed by atoms with Gasteiger partial charge in [0.2, 0.25) is 0 Å². The molecule has 116 valence electrons. The Labute approximate surface area is 141 Å². The maximum Gasteiger partial charge on any atom is 0.0526 e. The van der Waals surface area contributed by atoms with Gasteiger partial charge in [-0.1, -0.05) is 30.9 Å². The predicted molar refractivity (Wildman–Crippen MR) is 94.5 cm³/mol. The van der Waals surface area contributed by atoms with Crippen LogP contribution in [0.4, 0.5) is 5.69 Å². The number of hydrogen-bond donors (Lipinski definition) is 1. The Morgan fingerprint density at radius 2 is 2.00 bits per heavy atom. The summed E-state index contributed by atoms with van der Waals surface area (Å²) in [6.45, 7) is 5.28. The van der Waals surface area contributed by atoms with E-state index in [2.05, 4.69) is 45.2 Å². The first-order valence-electron chi connectivity index (χ1n) is 8.09. The van der Waals surface area contributed by atoms with Crippen molar-refractivity contribution < 1.29 is 0 Å². The molecule has 1 saturated carbocycles. The van der Waals surface area contributed by atoms with Crippen molar-refractivity contribution >= 4 is 33.2 Å². The van der Waals surface area contributed by atoms with Gasteiger partial charge < -0.3 is 10.2 Å². The molecule has 1 N–H and O–H groups in total. The van der Waals surface area contributed by atoms with Crippen molar-refractivity contribution in [2.45, 2.75) is 45.1 Å². The first-order valence-corrected chi connectivity index (χ1v) is 9.26. The fourth-order valence-corrected chi connectivity index (χ4v) is 4.59. The Hall–Kier alpha value is -0.250. The Bertz CT molecular complexity index is 500. The van der Waals surface area contributed by atoms with Crippen molar-refractivity contribution in [3.63, 3.8) is 0 Å². The highest BCUT2D eigenvalue weighted by molar-refractivity contribution is 9.10. The molecule has 1 unspecified atom stereocenters. The standard InChI is InChI=1S/C17H24BrClN2/c1-12-9-14(18)17(10-15(12)19)21-8-7-20-16(11-21)13-5-3-2-4-6-13/h9-10,13,16,20H,2-8,11H2,1H3. The molecule has 0 aromatic heterocycles. The summed E-state index contributed by atoms with van der Waals surface area (Å²) >= 11 is 10.0. The average molecular weight is 372 g/mol. The number of aryl methyl sites for hydroxylation is 1. The maximum atomic E-state index is 6.33. The zero-order chi connectivity index (χ0) is 14.8. The molecule has 2 fully saturated rings. The van der Waals surface area contributed by atoms with Gasteiger partial charge >= 0.3 is 0 Å². The third kappa shape index (κ3) is 3.57. The molecule has 1 saturated heterocycles. The quantitative estimate of drug-likeness (QED) is 0.805. The second-order valence-electron chi connectivity index (χ2n) is 6.46. The van der Waals surface area contributed by atoms with Gasteiger partial charge in [0.1, 0.15) is 0 Å². The Morgan fingerprint density at radius 3 is 2.76 bits per heavy atom. The van der Waals surface area contributed by atoms with Crippen molar-refractivity contribution in [1.29, 1.82) is 0 Å². The fourth-order valence-electron chi connectivity index (χ4n) is 3.73. The van der Waals surface area contributed by atoms with E-state index >= 15 is 0 Å². The third-order valence-electron chi connectivity index (χ3n) is 4.99. The van der Waals surface area contributed by atoms with Crippen LogP contribution in [0.5, 0.6) is 0 Å². The van der Waals surface area contributed by atoms with E-state index in [9.17, 15) is 0 Å². The van der Waals surface area contributed by atoms with Crippen molar-refractivity contribution in [2.24, 2.45) is 5.92 Å². The number of hydrogen-bond acceptors (Lipinski definition) is 2. The van der Waals surface area contributed by atoms with Crippen LogP contribution >= 0.6 is 27.5 Å². The van der Waals surface area contributed by atoms with E-state index in [4.69, 9.17) is 11.6 Å². The van der Waals surface area contributed by atoms with E-state index < -0.39 is 0 Å². The Kier molecular flexibility index (Phi) is 5.13. The molecule has 1 aliphatic carbocycles. The van der Waals surface area contributed by atoms with Crippen LogP contribution in [0.15, 0.2) is 16.6 Å². The van der Waals surface area contributed by atoms with Crippen LogP contribution < -0.4 is 10.2 Å². The topological polar surface area (TPSA) is 15.3 Å². The number of nitrogens with zero attached hydrogens (tertiary/aromatic N) is 1. The molecule has 3 rings (SSSR count). The van der Waals surface area contributed by atoms with Crippen LogP contribution in [0.2, 0.25) is 5.02 Å². The number of halogens is 2. The molecule has 1 aromatic rings.